The summed E-state index contributed by atoms with van der Waals surface area (Å²) in [6.07, 6.45) is 7.31. The van der Waals surface area contributed by atoms with Crippen LogP contribution < -0.4 is 4.74 Å². The van der Waals surface area contributed by atoms with Crippen molar-refractivity contribution in [2.75, 3.05) is 19.7 Å². The van der Waals surface area contributed by atoms with Crippen LogP contribution in [0.3, 0.4) is 0 Å². The van der Waals surface area contributed by atoms with E-state index in [0.29, 0.717) is 29.7 Å². The van der Waals surface area contributed by atoms with Crippen LogP contribution in [0.1, 0.15) is 60.4 Å². The third-order valence-corrected chi connectivity index (χ3v) is 7.89. The zero-order valence-corrected chi connectivity index (χ0v) is 20.1. The van der Waals surface area contributed by atoms with Crippen molar-refractivity contribution in [2.45, 2.75) is 71.3 Å². The molecule has 3 heterocycles. The normalized spacial score (nSPS) is 21.2. The summed E-state index contributed by atoms with van der Waals surface area (Å²) in [6, 6.07) is 3.94. The minimum atomic E-state index is -2.47. The summed E-state index contributed by atoms with van der Waals surface area (Å²) in [5.74, 6) is 1.59. The molecule has 0 saturated heterocycles. The van der Waals surface area contributed by atoms with Crippen LogP contribution in [0.2, 0.25) is 0 Å². The second-order valence-electron chi connectivity index (χ2n) is 9.48. The van der Waals surface area contributed by atoms with E-state index >= 15 is 0 Å². The van der Waals surface area contributed by atoms with E-state index in [1.165, 1.54) is 35.5 Å². The number of thiazole rings is 1. The Morgan fingerprint density at radius 3 is 2.82 bits per heavy atom. The smallest absolute Gasteiger partial charge is 0.273 e. The Morgan fingerprint density at radius 2 is 2.06 bits per heavy atom. The van der Waals surface area contributed by atoms with Crippen molar-refractivity contribution in [1.29, 1.82) is 0 Å². The molecule has 0 spiro atoms. The number of hydrogen-bond acceptors (Lipinski definition) is 6. The molecule has 8 heteroatoms. The summed E-state index contributed by atoms with van der Waals surface area (Å²) in [4.78, 5) is 24.7. The summed E-state index contributed by atoms with van der Waals surface area (Å²) in [6.45, 7) is 4.18. The second-order valence-corrected chi connectivity index (χ2v) is 10.5. The van der Waals surface area contributed by atoms with Gasteiger partial charge in [0.2, 0.25) is 0 Å². The lowest BCUT2D eigenvalue weighted by Crippen LogP contribution is -2.32. The molecule has 1 fully saturated rings. The van der Waals surface area contributed by atoms with E-state index in [9.17, 15) is 13.6 Å². The van der Waals surface area contributed by atoms with Gasteiger partial charge < -0.3 is 4.74 Å². The molecule has 0 atom stereocenters. The molecule has 0 bridgehead atoms. The van der Waals surface area contributed by atoms with Gasteiger partial charge in [-0.1, -0.05) is 24.2 Å². The summed E-state index contributed by atoms with van der Waals surface area (Å²) in [7, 11) is 0. The monoisotopic (exact) mass is 477 g/mol. The average molecular weight is 478 g/mol. The highest BCUT2D eigenvalue weighted by Gasteiger charge is 2.26. The first-order valence-electron chi connectivity index (χ1n) is 12.0. The van der Waals surface area contributed by atoms with Crippen LogP contribution >= 0.6 is 11.3 Å². The Kier molecular flexibility index (Phi) is 8.41. The molecule has 4 rings (SSSR count). The van der Waals surface area contributed by atoms with E-state index in [4.69, 9.17) is 4.74 Å². The molecule has 2 aromatic rings. The van der Waals surface area contributed by atoms with Crippen LogP contribution in [0, 0.1) is 18.8 Å². The first-order chi connectivity index (χ1) is 15.9. The molecule has 180 valence electrons. The molecule has 0 amide bonds. The number of carbonyl (C=O) groups excluding carboxylic acids is 1. The van der Waals surface area contributed by atoms with Gasteiger partial charge in [0.05, 0.1) is 5.69 Å². The molecule has 0 N–H and O–H groups in total. The van der Waals surface area contributed by atoms with E-state index in [1.54, 1.807) is 6.20 Å². The number of pyridine rings is 1. The predicted molar refractivity (Wildman–Crippen MR) is 125 cm³/mol. The summed E-state index contributed by atoms with van der Waals surface area (Å²) in [5, 5.41) is 0.370. The first-order valence-corrected chi connectivity index (χ1v) is 12.8. The molecular weight excluding hydrogens is 444 g/mol. The van der Waals surface area contributed by atoms with Gasteiger partial charge in [0, 0.05) is 42.7 Å². The van der Waals surface area contributed by atoms with Crippen molar-refractivity contribution >= 4 is 17.1 Å². The average Bonchev–Trinajstić information content (AvgIpc) is 3.19. The van der Waals surface area contributed by atoms with E-state index in [2.05, 4.69) is 14.9 Å². The Balaban J connectivity index is 1.15. The molecular formula is C25H33F2N3O2S. The number of ketones is 1. The Hall–Kier alpha value is -1.93. The van der Waals surface area contributed by atoms with Gasteiger partial charge in [-0.25, -0.2) is 13.8 Å². The van der Waals surface area contributed by atoms with E-state index in [0.717, 1.165) is 61.8 Å². The molecule has 1 aliphatic heterocycles. The zero-order chi connectivity index (χ0) is 23.2. The number of rotatable bonds is 10. The van der Waals surface area contributed by atoms with Crippen LogP contribution in [0.25, 0.3) is 0 Å². The number of aryl methyl sites for hydroxylation is 1. The van der Waals surface area contributed by atoms with Crippen molar-refractivity contribution in [1.82, 2.24) is 14.9 Å². The van der Waals surface area contributed by atoms with Gasteiger partial charge in [-0.15, -0.1) is 0 Å². The molecule has 1 saturated carbocycles. The van der Waals surface area contributed by atoms with Crippen LogP contribution in [-0.2, 0) is 24.2 Å². The maximum atomic E-state index is 12.5. The third-order valence-electron chi connectivity index (χ3n) is 6.82. The number of fused-ring (bicyclic) bond motifs is 1. The van der Waals surface area contributed by atoms with Gasteiger partial charge in [-0.2, -0.15) is 0 Å². The number of hydrogen-bond donors (Lipinski definition) is 0. The van der Waals surface area contributed by atoms with Crippen molar-refractivity contribution in [3.63, 3.8) is 0 Å². The standard InChI is InChI=1S/C25H33F2N3O2S/c1-17-12-20(6-9-28-17)14-21(31)13-19-4-2-18(3-5-19)7-10-30-11-8-23-22(15-30)29-25(33-23)32-16-24(26)27/h6,9,12,18-19,24H,2-5,7-8,10-11,13-16H2,1H3. The fraction of sp³-hybridized carbons (Fsp3) is 0.640. The Labute approximate surface area is 198 Å². The fourth-order valence-electron chi connectivity index (χ4n) is 5.04. The molecule has 33 heavy (non-hydrogen) atoms. The van der Waals surface area contributed by atoms with E-state index < -0.39 is 13.0 Å². The van der Waals surface area contributed by atoms with E-state index in [-0.39, 0.29) is 0 Å². The van der Waals surface area contributed by atoms with Gasteiger partial charge in [-0.3, -0.25) is 14.7 Å². The molecule has 2 aliphatic rings. The number of nitrogens with zero attached hydrogens (tertiary/aromatic N) is 3. The predicted octanol–water partition coefficient (Wildman–Crippen LogP) is 5.25. The zero-order valence-electron chi connectivity index (χ0n) is 19.3. The van der Waals surface area contributed by atoms with Crippen molar-refractivity contribution in [3.8, 4) is 5.19 Å². The Morgan fingerprint density at radius 1 is 1.27 bits per heavy atom. The largest absolute Gasteiger partial charge is 0.464 e. The SMILES string of the molecule is Cc1cc(CC(=O)CC2CCC(CCN3CCc4sc(OCC(F)F)nc4C3)CC2)ccn1. The molecule has 5 nitrogen and oxygen atoms in total. The topological polar surface area (TPSA) is 55.3 Å². The van der Waals surface area contributed by atoms with Crippen LogP contribution in [0.4, 0.5) is 8.78 Å². The number of Topliss-reactive ketones (excluding diaryl/α,β-unsaturated/α-hetero) is 1. The van der Waals surface area contributed by atoms with Crippen molar-refractivity contribution in [3.05, 3.63) is 40.2 Å². The molecule has 0 aromatic carbocycles. The van der Waals surface area contributed by atoms with Crippen LogP contribution in [0.15, 0.2) is 18.3 Å². The third kappa shape index (κ3) is 7.27. The summed E-state index contributed by atoms with van der Waals surface area (Å²) < 4.78 is 29.8. The fourth-order valence-corrected chi connectivity index (χ4v) is 5.96. The van der Waals surface area contributed by atoms with Gasteiger partial charge in [0.15, 0.2) is 6.61 Å². The number of alkyl halides is 2. The van der Waals surface area contributed by atoms with Crippen LogP contribution in [-0.4, -0.2) is 46.8 Å². The lowest BCUT2D eigenvalue weighted by Gasteiger charge is -2.31. The summed E-state index contributed by atoms with van der Waals surface area (Å²) >= 11 is 1.41. The molecule has 0 unspecified atom stereocenters. The number of carbonyl (C=O) groups is 1. The maximum Gasteiger partial charge on any atom is 0.273 e. The highest BCUT2D eigenvalue weighted by atomic mass is 32.1. The van der Waals surface area contributed by atoms with Gasteiger partial charge >= 0.3 is 0 Å². The highest BCUT2D eigenvalue weighted by molar-refractivity contribution is 7.13. The number of aromatic nitrogens is 2. The highest BCUT2D eigenvalue weighted by Crippen LogP contribution is 2.34. The van der Waals surface area contributed by atoms with Crippen molar-refractivity contribution < 1.29 is 18.3 Å². The minimum absolute atomic E-state index is 0.341. The Bertz CT molecular complexity index is 928. The molecule has 1 aliphatic carbocycles. The molecule has 0 radical (unpaired) electrons. The van der Waals surface area contributed by atoms with Crippen LogP contribution in [0.5, 0.6) is 5.19 Å². The van der Waals surface area contributed by atoms with Gasteiger partial charge in [0.1, 0.15) is 5.78 Å². The van der Waals surface area contributed by atoms with E-state index in [1.807, 2.05) is 19.1 Å². The molecule has 2 aromatic heterocycles. The maximum absolute atomic E-state index is 12.5. The first kappa shape index (κ1) is 24.2. The van der Waals surface area contributed by atoms with Gasteiger partial charge in [-0.05, 0) is 68.7 Å². The lowest BCUT2D eigenvalue weighted by atomic mass is 9.78. The van der Waals surface area contributed by atoms with Crippen molar-refractivity contribution in [2.24, 2.45) is 11.8 Å². The second kappa shape index (κ2) is 11.5. The quantitative estimate of drug-likeness (QED) is 0.468. The minimum Gasteiger partial charge on any atom is -0.464 e. The number of ether oxygens (including phenoxy) is 1. The lowest BCUT2D eigenvalue weighted by molar-refractivity contribution is -0.119. The number of halogens is 2. The van der Waals surface area contributed by atoms with Gasteiger partial charge in [0.25, 0.3) is 11.6 Å². The summed E-state index contributed by atoms with van der Waals surface area (Å²) in [5.41, 5.74) is 3.02.